The lowest BCUT2D eigenvalue weighted by Crippen LogP contribution is -2.29. The number of amides is 2. The van der Waals surface area contributed by atoms with E-state index in [0.717, 1.165) is 71.7 Å². The average molecular weight is 640 g/mol. The van der Waals surface area contributed by atoms with Gasteiger partial charge in [0.2, 0.25) is 0 Å². The van der Waals surface area contributed by atoms with Crippen LogP contribution < -0.4 is 32.7 Å². The summed E-state index contributed by atoms with van der Waals surface area (Å²) >= 11 is 3.02. The van der Waals surface area contributed by atoms with Gasteiger partial charge in [-0.2, -0.15) is 0 Å². The zero-order valence-corrected chi connectivity index (χ0v) is 28.0. The molecule has 2 amide bonds. The molecule has 9 N–H and O–H groups in total. The number of aromatic nitrogens is 1. The van der Waals surface area contributed by atoms with Gasteiger partial charge in [-0.05, 0) is 67.0 Å². The van der Waals surface area contributed by atoms with Gasteiger partial charge in [-0.15, -0.1) is 11.8 Å². The van der Waals surface area contributed by atoms with Crippen molar-refractivity contribution in [1.82, 2.24) is 15.6 Å². The quantitative estimate of drug-likeness (QED) is 0.102. The molecule has 1 aromatic heterocycles. The minimum atomic E-state index is -0.262. The number of nitrogen functional groups attached to an aromatic ring is 1. The number of benzene rings is 2. The maximum Gasteiger partial charge on any atom is 0.321 e. The molecule has 0 spiro atoms. The number of nitrogens with one attached hydrogen (secondary N) is 4. The first-order chi connectivity index (χ1) is 21.3. The second-order valence-electron chi connectivity index (χ2n) is 9.95. The van der Waals surface area contributed by atoms with Crippen LogP contribution in [-0.4, -0.2) is 35.8 Å². The summed E-state index contributed by atoms with van der Waals surface area (Å²) in [6.45, 7) is 14.2. The first-order valence-corrected chi connectivity index (χ1v) is 17.0. The van der Waals surface area contributed by atoms with Crippen LogP contribution in [0.15, 0.2) is 60.5 Å². The molecule has 1 unspecified atom stereocenters. The number of aliphatic hydroxyl groups excluding tert-OH is 1. The van der Waals surface area contributed by atoms with Crippen LogP contribution in [0.2, 0.25) is 0 Å². The summed E-state index contributed by atoms with van der Waals surface area (Å²) in [6.07, 6.45) is 4.92. The number of thiazole rings is 1. The molecular formula is C33H49N7O2S2. The molecule has 240 valence electrons. The number of urea groups is 1. The normalized spacial score (nSPS) is 13.3. The fourth-order valence-corrected chi connectivity index (χ4v) is 5.76. The molecule has 1 atom stereocenters. The van der Waals surface area contributed by atoms with Crippen molar-refractivity contribution in [3.63, 3.8) is 0 Å². The van der Waals surface area contributed by atoms with Crippen LogP contribution in [0.3, 0.4) is 0 Å². The van der Waals surface area contributed by atoms with E-state index in [1.54, 1.807) is 11.8 Å². The van der Waals surface area contributed by atoms with E-state index in [-0.39, 0.29) is 11.4 Å². The molecule has 2 heterocycles. The van der Waals surface area contributed by atoms with Crippen molar-refractivity contribution in [1.29, 1.82) is 0 Å². The van der Waals surface area contributed by atoms with E-state index in [4.69, 9.17) is 16.6 Å². The number of thioether (sulfide) groups is 1. The lowest BCUT2D eigenvalue weighted by Gasteiger charge is -2.14. The Bertz CT molecular complexity index is 1340. The Labute approximate surface area is 271 Å². The molecule has 0 bridgehead atoms. The Hall–Kier alpha value is -3.51. The lowest BCUT2D eigenvalue weighted by atomic mass is 10.1. The number of anilines is 3. The third kappa shape index (κ3) is 12.2. The van der Waals surface area contributed by atoms with Gasteiger partial charge < -0.3 is 32.5 Å². The third-order valence-corrected chi connectivity index (χ3v) is 8.43. The molecule has 0 saturated heterocycles. The van der Waals surface area contributed by atoms with E-state index in [2.05, 4.69) is 95.4 Å². The highest BCUT2D eigenvalue weighted by Crippen LogP contribution is 2.43. The topological polar surface area (TPSA) is 150 Å². The number of hydrogen-bond donors (Lipinski definition) is 7. The summed E-state index contributed by atoms with van der Waals surface area (Å²) in [6, 6.07) is 16.4. The fraction of sp³-hybridized carbons (Fsp3) is 0.394. The van der Waals surface area contributed by atoms with Gasteiger partial charge in [0.1, 0.15) is 11.2 Å². The molecule has 11 heteroatoms. The minimum Gasteiger partial charge on any atom is -0.396 e. The average Bonchev–Trinajstić information content (AvgIpc) is 3.68. The smallest absolute Gasteiger partial charge is 0.321 e. The summed E-state index contributed by atoms with van der Waals surface area (Å²) in [5.74, 6) is 0.421. The zero-order valence-electron chi connectivity index (χ0n) is 26.4. The molecule has 44 heavy (non-hydrogen) atoms. The Morgan fingerprint density at radius 1 is 1.07 bits per heavy atom. The molecule has 9 nitrogen and oxygen atoms in total. The molecule has 1 aliphatic rings. The minimum absolute atomic E-state index is 0.0698. The van der Waals surface area contributed by atoms with E-state index in [1.165, 1.54) is 16.9 Å². The summed E-state index contributed by atoms with van der Waals surface area (Å²) in [5.41, 5.74) is 17.5. The molecule has 0 fully saturated rings. The highest BCUT2D eigenvalue weighted by molar-refractivity contribution is 8.02. The van der Waals surface area contributed by atoms with Crippen LogP contribution in [0.5, 0.6) is 0 Å². The predicted octanol–water partition coefficient (Wildman–Crippen LogP) is 7.37. The van der Waals surface area contributed by atoms with Crippen LogP contribution in [0, 0.1) is 0 Å². The second-order valence-corrected chi connectivity index (χ2v) is 12.0. The number of unbranched alkanes of at least 4 members (excludes halogenated alkanes) is 1. The van der Waals surface area contributed by atoms with Crippen molar-refractivity contribution in [3.8, 4) is 0 Å². The van der Waals surface area contributed by atoms with Gasteiger partial charge in [-0.3, -0.25) is 5.32 Å². The summed E-state index contributed by atoms with van der Waals surface area (Å²) in [7, 11) is 0. The lowest BCUT2D eigenvalue weighted by molar-refractivity contribution is 0.252. The van der Waals surface area contributed by atoms with Gasteiger partial charge in [0.25, 0.3) is 0 Å². The standard InChI is InChI=1S/C27H32N6OS2.C3H9N.C3H8O/c1-4-6-13-29-26(34)33-27-32-24(28)23(36-27)25-31-22(16-35-25)20-11-8-12-21(15-20)30-17(3)19-10-7-9-18(5-2)14-19;2*1-2-3-4/h7-12,14-16,25,30-31H,3-6,13,28H2,1-2H3,(H2,29,32,33,34);2-4H2,1H3;4H,2-3H2,1H3. The molecule has 0 aliphatic carbocycles. The number of rotatable bonds is 12. The van der Waals surface area contributed by atoms with Gasteiger partial charge in [0.05, 0.1) is 4.88 Å². The van der Waals surface area contributed by atoms with E-state index < -0.39 is 0 Å². The maximum atomic E-state index is 12.1. The van der Waals surface area contributed by atoms with Crippen molar-refractivity contribution in [3.05, 3.63) is 82.1 Å². The van der Waals surface area contributed by atoms with Gasteiger partial charge in [-0.25, -0.2) is 9.78 Å². The molecule has 4 rings (SSSR count). The number of nitrogens with two attached hydrogens (primary N) is 2. The number of carbonyl (C=O) groups excluding carboxylic acids is 1. The first kappa shape index (κ1) is 36.7. The zero-order chi connectivity index (χ0) is 32.3. The number of aryl methyl sites for hydroxylation is 1. The SMILES string of the molecule is C=C(Nc1cccc(C2=CSC(c3sc(NC(=O)NCCCC)nc3N)N2)c1)c1cccc(CC)c1.CCCN.CCCO. The van der Waals surface area contributed by atoms with E-state index in [1.807, 2.05) is 19.1 Å². The highest BCUT2D eigenvalue weighted by Gasteiger charge is 2.25. The number of nitrogens with zero attached hydrogens (tertiary/aromatic N) is 1. The molecule has 2 aromatic carbocycles. The van der Waals surface area contributed by atoms with Crippen LogP contribution in [-0.2, 0) is 6.42 Å². The van der Waals surface area contributed by atoms with Crippen molar-refractivity contribution in [2.24, 2.45) is 5.73 Å². The molecule has 1 aliphatic heterocycles. The van der Waals surface area contributed by atoms with Crippen LogP contribution in [0.25, 0.3) is 11.4 Å². The first-order valence-electron chi connectivity index (χ1n) is 15.2. The van der Waals surface area contributed by atoms with Gasteiger partial charge >= 0.3 is 6.03 Å². The Morgan fingerprint density at radius 2 is 1.80 bits per heavy atom. The van der Waals surface area contributed by atoms with Crippen molar-refractivity contribution >= 4 is 57.2 Å². The van der Waals surface area contributed by atoms with Gasteiger partial charge in [-0.1, -0.05) is 82.4 Å². The maximum absolute atomic E-state index is 12.1. The largest absolute Gasteiger partial charge is 0.396 e. The van der Waals surface area contributed by atoms with E-state index in [0.29, 0.717) is 24.1 Å². The van der Waals surface area contributed by atoms with E-state index >= 15 is 0 Å². The van der Waals surface area contributed by atoms with Gasteiger partial charge in [0.15, 0.2) is 5.13 Å². The monoisotopic (exact) mass is 639 g/mol. The molecular weight excluding hydrogens is 591 g/mol. The van der Waals surface area contributed by atoms with Gasteiger partial charge in [0, 0.05) is 35.8 Å². The summed E-state index contributed by atoms with van der Waals surface area (Å²) in [4.78, 5) is 17.3. The Kier molecular flexibility index (Phi) is 17.0. The van der Waals surface area contributed by atoms with Crippen molar-refractivity contribution < 1.29 is 9.90 Å². The molecule has 3 aromatic rings. The third-order valence-electron chi connectivity index (χ3n) is 6.23. The van der Waals surface area contributed by atoms with E-state index in [9.17, 15) is 4.79 Å². The Balaban J connectivity index is 0.000000754. The second kappa shape index (κ2) is 20.4. The van der Waals surface area contributed by atoms with Crippen LogP contribution >= 0.6 is 23.1 Å². The Morgan fingerprint density at radius 3 is 2.45 bits per heavy atom. The predicted molar refractivity (Wildman–Crippen MR) is 192 cm³/mol. The molecule has 0 radical (unpaired) electrons. The van der Waals surface area contributed by atoms with Crippen LogP contribution in [0.1, 0.15) is 80.3 Å². The van der Waals surface area contributed by atoms with Crippen molar-refractivity contribution in [2.75, 3.05) is 36.1 Å². The van der Waals surface area contributed by atoms with Crippen LogP contribution in [0.4, 0.5) is 21.4 Å². The number of carbonyl (C=O) groups is 1. The number of hydrogen-bond acceptors (Lipinski definition) is 9. The van der Waals surface area contributed by atoms with Crippen molar-refractivity contribution in [2.45, 2.75) is 65.2 Å². The highest BCUT2D eigenvalue weighted by atomic mass is 32.2. The summed E-state index contributed by atoms with van der Waals surface area (Å²) in [5, 5.41) is 23.0. The fourth-order valence-electron chi connectivity index (χ4n) is 3.72. The molecule has 0 saturated carbocycles. The number of aliphatic hydroxyl groups is 1. The summed E-state index contributed by atoms with van der Waals surface area (Å²) < 4.78 is 0.